The van der Waals surface area contributed by atoms with Crippen LogP contribution in [-0.4, -0.2) is 5.78 Å². The number of Topliss-reactive ketones (excluding diaryl/α,β-unsaturated/α-hetero) is 1. The second-order valence-corrected chi connectivity index (χ2v) is 3.19. The Labute approximate surface area is 78.8 Å². The summed E-state index contributed by atoms with van der Waals surface area (Å²) in [6.45, 7) is 3.79. The van der Waals surface area contributed by atoms with Crippen LogP contribution in [0.25, 0.3) is 0 Å². The van der Waals surface area contributed by atoms with E-state index in [9.17, 15) is 4.79 Å². The maximum Gasteiger partial charge on any atom is 0.162 e. The van der Waals surface area contributed by atoms with E-state index in [0.29, 0.717) is 6.42 Å². The molecular weight excluding hydrogens is 162 g/mol. The lowest BCUT2D eigenvalue weighted by molar-refractivity contribution is 0.0988. The fourth-order valence-electron chi connectivity index (χ4n) is 1.18. The van der Waals surface area contributed by atoms with Crippen LogP contribution in [0.3, 0.4) is 0 Å². The van der Waals surface area contributed by atoms with E-state index in [1.165, 1.54) is 0 Å². The largest absolute Gasteiger partial charge is 0.324 e. The summed E-state index contributed by atoms with van der Waals surface area (Å²) >= 11 is 0. The van der Waals surface area contributed by atoms with E-state index in [1.807, 2.05) is 38.1 Å². The van der Waals surface area contributed by atoms with Crippen LogP contribution in [0.4, 0.5) is 0 Å². The van der Waals surface area contributed by atoms with Crippen molar-refractivity contribution in [2.75, 3.05) is 0 Å². The monoisotopic (exact) mass is 177 g/mol. The van der Waals surface area contributed by atoms with Crippen molar-refractivity contribution in [3.05, 3.63) is 35.4 Å². The molecule has 70 valence electrons. The van der Waals surface area contributed by atoms with Crippen LogP contribution in [-0.2, 0) is 0 Å². The molecule has 1 aromatic rings. The zero-order valence-corrected chi connectivity index (χ0v) is 8.08. The molecule has 1 aromatic carbocycles. The van der Waals surface area contributed by atoms with E-state index >= 15 is 0 Å². The Bertz CT molecular complexity index is 287. The number of carbonyl (C=O) groups is 1. The molecule has 0 saturated carbocycles. The van der Waals surface area contributed by atoms with Gasteiger partial charge in [-0.2, -0.15) is 0 Å². The normalized spacial score (nSPS) is 12.5. The van der Waals surface area contributed by atoms with Gasteiger partial charge in [-0.25, -0.2) is 0 Å². The fourth-order valence-corrected chi connectivity index (χ4v) is 1.18. The van der Waals surface area contributed by atoms with Gasteiger partial charge in [0.15, 0.2) is 5.78 Å². The Morgan fingerprint density at radius 3 is 2.31 bits per heavy atom. The molecule has 0 fully saturated rings. The molecule has 0 amide bonds. The number of carbonyl (C=O) groups excluding carboxylic acids is 1. The van der Waals surface area contributed by atoms with Gasteiger partial charge in [0.1, 0.15) is 0 Å². The summed E-state index contributed by atoms with van der Waals surface area (Å²) in [6, 6.07) is 7.53. The molecule has 0 aliphatic rings. The quantitative estimate of drug-likeness (QED) is 0.720. The minimum atomic E-state index is 0.0331. The van der Waals surface area contributed by atoms with Gasteiger partial charge in [0, 0.05) is 18.0 Å². The number of benzene rings is 1. The van der Waals surface area contributed by atoms with Gasteiger partial charge in [-0.15, -0.1) is 0 Å². The molecule has 0 aromatic heterocycles. The van der Waals surface area contributed by atoms with Crippen LogP contribution < -0.4 is 5.73 Å². The van der Waals surface area contributed by atoms with Crippen molar-refractivity contribution < 1.29 is 4.79 Å². The topological polar surface area (TPSA) is 43.1 Å². The predicted octanol–water partition coefficient (Wildman–Crippen LogP) is 2.30. The Balaban J connectivity index is 2.87. The minimum absolute atomic E-state index is 0.0331. The van der Waals surface area contributed by atoms with Crippen molar-refractivity contribution in [1.82, 2.24) is 0 Å². The smallest absolute Gasteiger partial charge is 0.162 e. The number of nitrogens with two attached hydrogens (primary N) is 1. The summed E-state index contributed by atoms with van der Waals surface area (Å²) in [4.78, 5) is 11.3. The molecule has 1 atom stereocenters. The molecule has 0 spiro atoms. The van der Waals surface area contributed by atoms with Crippen molar-refractivity contribution in [1.29, 1.82) is 0 Å². The predicted molar refractivity (Wildman–Crippen MR) is 53.7 cm³/mol. The van der Waals surface area contributed by atoms with E-state index in [1.54, 1.807) is 0 Å². The molecule has 2 N–H and O–H groups in total. The first-order valence-electron chi connectivity index (χ1n) is 4.54. The second kappa shape index (κ2) is 4.19. The van der Waals surface area contributed by atoms with Crippen LogP contribution >= 0.6 is 0 Å². The van der Waals surface area contributed by atoms with Gasteiger partial charge in [-0.3, -0.25) is 4.79 Å². The van der Waals surface area contributed by atoms with Gasteiger partial charge in [0.05, 0.1) is 0 Å². The van der Waals surface area contributed by atoms with E-state index < -0.39 is 0 Å². The van der Waals surface area contributed by atoms with Crippen LogP contribution in [0.15, 0.2) is 24.3 Å². The van der Waals surface area contributed by atoms with E-state index in [-0.39, 0.29) is 11.8 Å². The first kappa shape index (κ1) is 9.93. The molecule has 0 radical (unpaired) electrons. The Hall–Kier alpha value is -1.15. The lowest BCUT2D eigenvalue weighted by Gasteiger charge is -2.05. The number of hydrogen-bond donors (Lipinski definition) is 1. The molecule has 0 bridgehead atoms. The molecule has 0 aliphatic heterocycles. The summed E-state index contributed by atoms with van der Waals surface area (Å²) in [6.07, 6.45) is 0.553. The average molecular weight is 177 g/mol. The third-order valence-corrected chi connectivity index (χ3v) is 2.08. The standard InChI is InChI=1S/C11H15NO/c1-3-11(13)10-6-4-9(5-7-10)8(2)12/h4-8H,3,12H2,1-2H3/t8-/m1/s1. The molecule has 13 heavy (non-hydrogen) atoms. The maximum absolute atomic E-state index is 11.3. The lowest BCUT2D eigenvalue weighted by atomic mass is 10.0. The molecule has 0 saturated heterocycles. The van der Waals surface area contributed by atoms with Gasteiger partial charge in [0.25, 0.3) is 0 Å². The average Bonchev–Trinajstić information content (AvgIpc) is 2.17. The van der Waals surface area contributed by atoms with Gasteiger partial charge < -0.3 is 5.73 Å². The zero-order valence-electron chi connectivity index (χ0n) is 8.08. The maximum atomic E-state index is 11.3. The van der Waals surface area contributed by atoms with Crippen molar-refractivity contribution in [3.8, 4) is 0 Å². The first-order valence-corrected chi connectivity index (χ1v) is 4.54. The SMILES string of the molecule is CCC(=O)c1ccc([C@@H](C)N)cc1. The van der Waals surface area contributed by atoms with Crippen molar-refractivity contribution in [2.24, 2.45) is 5.73 Å². The Kier molecular flexibility index (Phi) is 3.20. The number of rotatable bonds is 3. The highest BCUT2D eigenvalue weighted by Crippen LogP contribution is 2.11. The first-order chi connectivity index (χ1) is 6.15. The molecule has 0 heterocycles. The molecule has 1 rings (SSSR count). The van der Waals surface area contributed by atoms with Crippen molar-refractivity contribution >= 4 is 5.78 Å². The van der Waals surface area contributed by atoms with E-state index in [2.05, 4.69) is 0 Å². The molecule has 0 aliphatic carbocycles. The Morgan fingerprint density at radius 1 is 1.38 bits per heavy atom. The summed E-state index contributed by atoms with van der Waals surface area (Å²) < 4.78 is 0. The summed E-state index contributed by atoms with van der Waals surface area (Å²) in [5.41, 5.74) is 7.52. The second-order valence-electron chi connectivity index (χ2n) is 3.19. The Morgan fingerprint density at radius 2 is 1.92 bits per heavy atom. The highest BCUT2D eigenvalue weighted by Gasteiger charge is 2.03. The number of ketones is 1. The zero-order chi connectivity index (χ0) is 9.84. The molecule has 0 unspecified atom stereocenters. The molecule has 2 heteroatoms. The summed E-state index contributed by atoms with van der Waals surface area (Å²) in [5, 5.41) is 0. The van der Waals surface area contributed by atoms with Gasteiger partial charge in [-0.1, -0.05) is 31.2 Å². The summed E-state index contributed by atoms with van der Waals surface area (Å²) in [7, 11) is 0. The lowest BCUT2D eigenvalue weighted by Crippen LogP contribution is -2.05. The van der Waals surface area contributed by atoms with Crippen LogP contribution in [0.1, 0.15) is 42.2 Å². The van der Waals surface area contributed by atoms with Crippen LogP contribution in [0.5, 0.6) is 0 Å². The number of hydrogen-bond acceptors (Lipinski definition) is 2. The minimum Gasteiger partial charge on any atom is -0.324 e. The van der Waals surface area contributed by atoms with Crippen molar-refractivity contribution in [3.63, 3.8) is 0 Å². The van der Waals surface area contributed by atoms with Crippen LogP contribution in [0, 0.1) is 0 Å². The molecular formula is C11H15NO. The fraction of sp³-hybridized carbons (Fsp3) is 0.364. The molecule has 2 nitrogen and oxygen atoms in total. The summed E-state index contributed by atoms with van der Waals surface area (Å²) in [5.74, 6) is 0.177. The van der Waals surface area contributed by atoms with Crippen LogP contribution in [0.2, 0.25) is 0 Å². The van der Waals surface area contributed by atoms with Gasteiger partial charge in [0.2, 0.25) is 0 Å². The van der Waals surface area contributed by atoms with Crippen molar-refractivity contribution in [2.45, 2.75) is 26.3 Å². The third kappa shape index (κ3) is 2.39. The van der Waals surface area contributed by atoms with Gasteiger partial charge in [-0.05, 0) is 12.5 Å². The third-order valence-electron chi connectivity index (χ3n) is 2.08. The highest BCUT2D eigenvalue weighted by molar-refractivity contribution is 5.95. The van der Waals surface area contributed by atoms with E-state index in [4.69, 9.17) is 5.73 Å². The van der Waals surface area contributed by atoms with Gasteiger partial charge >= 0.3 is 0 Å². The van der Waals surface area contributed by atoms with E-state index in [0.717, 1.165) is 11.1 Å². The highest BCUT2D eigenvalue weighted by atomic mass is 16.1.